The van der Waals surface area contributed by atoms with Gasteiger partial charge in [-0.1, -0.05) is 0 Å². The smallest absolute Gasteiger partial charge is 0.150 e. The van der Waals surface area contributed by atoms with Crippen molar-refractivity contribution in [3.63, 3.8) is 0 Å². The van der Waals surface area contributed by atoms with Gasteiger partial charge in [0.1, 0.15) is 6.29 Å². The van der Waals surface area contributed by atoms with Gasteiger partial charge >= 0.3 is 0 Å². The van der Waals surface area contributed by atoms with Crippen LogP contribution in [0.15, 0.2) is 18.2 Å². The normalized spacial score (nSPS) is 19.9. The first-order valence-electron chi connectivity index (χ1n) is 4.14. The molecular weight excluding hydrogens is 150 g/mol. The molecule has 1 atom stereocenters. The molecule has 0 aliphatic carbocycles. The number of aldehydes is 1. The number of carbonyl (C=O) groups is 1. The number of carbonyl (C=O) groups excluding carboxylic acids is 1. The first kappa shape index (κ1) is 7.35. The summed E-state index contributed by atoms with van der Waals surface area (Å²) in [7, 11) is 0. The van der Waals surface area contributed by atoms with E-state index in [2.05, 4.69) is 12.2 Å². The maximum atomic E-state index is 10.5. The van der Waals surface area contributed by atoms with Crippen LogP contribution in [0.4, 0.5) is 5.69 Å². The maximum absolute atomic E-state index is 10.5. The largest absolute Gasteiger partial charge is 0.382 e. The van der Waals surface area contributed by atoms with Crippen LogP contribution in [-0.2, 0) is 6.42 Å². The second-order valence-electron chi connectivity index (χ2n) is 3.28. The molecule has 2 nitrogen and oxygen atoms in total. The lowest BCUT2D eigenvalue weighted by Crippen LogP contribution is -2.08. The van der Waals surface area contributed by atoms with Crippen LogP contribution in [0.3, 0.4) is 0 Å². The van der Waals surface area contributed by atoms with Gasteiger partial charge in [-0.3, -0.25) is 4.79 Å². The second kappa shape index (κ2) is 2.63. The van der Waals surface area contributed by atoms with Crippen LogP contribution in [0.1, 0.15) is 22.8 Å². The summed E-state index contributed by atoms with van der Waals surface area (Å²) in [5.74, 6) is 0. The third-order valence-electron chi connectivity index (χ3n) is 2.19. The molecule has 0 fully saturated rings. The van der Waals surface area contributed by atoms with Crippen molar-refractivity contribution < 1.29 is 4.79 Å². The first-order chi connectivity index (χ1) is 5.79. The van der Waals surface area contributed by atoms with E-state index in [1.54, 1.807) is 0 Å². The number of nitrogens with one attached hydrogen (secondary N) is 1. The van der Waals surface area contributed by atoms with E-state index in [1.807, 2.05) is 18.2 Å². The Bertz CT molecular complexity index is 320. The Morgan fingerprint density at radius 1 is 1.58 bits per heavy atom. The molecule has 1 aromatic carbocycles. The molecule has 0 aromatic heterocycles. The molecular formula is C10H11NO. The van der Waals surface area contributed by atoms with Crippen molar-refractivity contribution in [3.8, 4) is 0 Å². The molecule has 0 radical (unpaired) electrons. The van der Waals surface area contributed by atoms with Gasteiger partial charge in [-0.15, -0.1) is 0 Å². The maximum Gasteiger partial charge on any atom is 0.150 e. The molecule has 0 saturated heterocycles. The highest BCUT2D eigenvalue weighted by Crippen LogP contribution is 2.25. The van der Waals surface area contributed by atoms with Crippen LogP contribution >= 0.6 is 0 Å². The van der Waals surface area contributed by atoms with E-state index in [-0.39, 0.29) is 0 Å². The SMILES string of the molecule is CC1Cc2cc(C=O)ccc2N1. The van der Waals surface area contributed by atoms with Gasteiger partial charge in [-0.25, -0.2) is 0 Å². The third kappa shape index (κ3) is 1.09. The average molecular weight is 161 g/mol. The highest BCUT2D eigenvalue weighted by molar-refractivity contribution is 5.77. The van der Waals surface area contributed by atoms with E-state index in [4.69, 9.17) is 0 Å². The number of benzene rings is 1. The number of hydrogen-bond donors (Lipinski definition) is 1. The minimum Gasteiger partial charge on any atom is -0.382 e. The van der Waals surface area contributed by atoms with Crippen molar-refractivity contribution >= 4 is 12.0 Å². The molecule has 62 valence electrons. The lowest BCUT2D eigenvalue weighted by molar-refractivity contribution is 0.112. The van der Waals surface area contributed by atoms with Crippen LogP contribution in [0.2, 0.25) is 0 Å². The third-order valence-corrected chi connectivity index (χ3v) is 2.19. The Morgan fingerprint density at radius 3 is 3.17 bits per heavy atom. The van der Waals surface area contributed by atoms with E-state index in [9.17, 15) is 4.79 Å². The topological polar surface area (TPSA) is 29.1 Å². The molecule has 12 heavy (non-hydrogen) atoms. The van der Waals surface area contributed by atoms with Crippen molar-refractivity contribution in [3.05, 3.63) is 29.3 Å². The Morgan fingerprint density at radius 2 is 2.42 bits per heavy atom. The minimum absolute atomic E-state index is 0.502. The molecule has 1 unspecified atom stereocenters. The molecule has 2 heteroatoms. The predicted octanol–water partition coefficient (Wildman–Crippen LogP) is 1.86. The van der Waals surface area contributed by atoms with E-state index in [0.717, 1.165) is 18.3 Å². The van der Waals surface area contributed by atoms with Gasteiger partial charge in [0.2, 0.25) is 0 Å². The molecule has 0 saturated carbocycles. The van der Waals surface area contributed by atoms with Gasteiger partial charge in [0, 0.05) is 17.3 Å². The number of anilines is 1. The molecule has 0 spiro atoms. The zero-order valence-electron chi connectivity index (χ0n) is 7.00. The minimum atomic E-state index is 0.502. The van der Waals surface area contributed by atoms with Crippen molar-refractivity contribution in [2.24, 2.45) is 0 Å². The Kier molecular flexibility index (Phi) is 1.61. The van der Waals surface area contributed by atoms with Gasteiger partial charge < -0.3 is 5.32 Å². The summed E-state index contributed by atoms with van der Waals surface area (Å²) >= 11 is 0. The van der Waals surface area contributed by atoms with E-state index in [1.165, 1.54) is 11.3 Å². The average Bonchev–Trinajstić information content (AvgIpc) is 2.43. The standard InChI is InChI=1S/C10H11NO/c1-7-4-9-5-8(6-12)2-3-10(9)11-7/h2-3,5-7,11H,4H2,1H3. The molecule has 0 amide bonds. The van der Waals surface area contributed by atoms with E-state index < -0.39 is 0 Å². The van der Waals surface area contributed by atoms with Crippen LogP contribution in [-0.4, -0.2) is 12.3 Å². The lowest BCUT2D eigenvalue weighted by atomic mass is 10.1. The van der Waals surface area contributed by atoms with E-state index >= 15 is 0 Å². The summed E-state index contributed by atoms with van der Waals surface area (Å²) < 4.78 is 0. The molecule has 1 aliphatic heterocycles. The summed E-state index contributed by atoms with van der Waals surface area (Å²) in [4.78, 5) is 10.5. The van der Waals surface area contributed by atoms with Crippen molar-refractivity contribution in [1.82, 2.24) is 0 Å². The number of fused-ring (bicyclic) bond motifs is 1. The van der Waals surface area contributed by atoms with Gasteiger partial charge in [0.05, 0.1) is 0 Å². The summed E-state index contributed by atoms with van der Waals surface area (Å²) in [5, 5.41) is 3.33. The van der Waals surface area contributed by atoms with Crippen molar-refractivity contribution in [2.75, 3.05) is 5.32 Å². The van der Waals surface area contributed by atoms with Gasteiger partial charge in [0.25, 0.3) is 0 Å². The Balaban J connectivity index is 2.41. The zero-order valence-corrected chi connectivity index (χ0v) is 7.00. The molecule has 1 heterocycles. The Labute approximate surface area is 71.6 Å². The lowest BCUT2D eigenvalue weighted by Gasteiger charge is -2.01. The van der Waals surface area contributed by atoms with Crippen LogP contribution in [0.5, 0.6) is 0 Å². The molecule has 1 aliphatic rings. The van der Waals surface area contributed by atoms with Crippen LogP contribution < -0.4 is 5.32 Å². The van der Waals surface area contributed by atoms with Crippen LogP contribution in [0, 0.1) is 0 Å². The molecule has 0 bridgehead atoms. The molecule has 1 aromatic rings. The highest BCUT2D eigenvalue weighted by atomic mass is 16.1. The quantitative estimate of drug-likeness (QED) is 0.637. The van der Waals surface area contributed by atoms with Crippen LogP contribution in [0.25, 0.3) is 0 Å². The number of rotatable bonds is 1. The van der Waals surface area contributed by atoms with Crippen molar-refractivity contribution in [2.45, 2.75) is 19.4 Å². The fraction of sp³-hybridized carbons (Fsp3) is 0.300. The Hall–Kier alpha value is -1.31. The number of hydrogen-bond acceptors (Lipinski definition) is 2. The van der Waals surface area contributed by atoms with Crippen molar-refractivity contribution in [1.29, 1.82) is 0 Å². The summed E-state index contributed by atoms with van der Waals surface area (Å²) in [6, 6.07) is 6.28. The zero-order chi connectivity index (χ0) is 8.55. The summed E-state index contributed by atoms with van der Waals surface area (Å²) in [6.07, 6.45) is 1.92. The van der Waals surface area contributed by atoms with Gasteiger partial charge in [0.15, 0.2) is 0 Å². The molecule has 1 N–H and O–H groups in total. The summed E-state index contributed by atoms with van der Waals surface area (Å²) in [5.41, 5.74) is 3.20. The first-order valence-corrected chi connectivity index (χ1v) is 4.14. The second-order valence-corrected chi connectivity index (χ2v) is 3.28. The molecule has 2 rings (SSSR count). The summed E-state index contributed by atoms with van der Waals surface area (Å²) in [6.45, 7) is 2.14. The highest BCUT2D eigenvalue weighted by Gasteiger charge is 2.15. The van der Waals surface area contributed by atoms with Gasteiger partial charge in [-0.05, 0) is 37.1 Å². The fourth-order valence-corrected chi connectivity index (χ4v) is 1.64. The predicted molar refractivity (Wildman–Crippen MR) is 48.6 cm³/mol. The monoisotopic (exact) mass is 161 g/mol. The van der Waals surface area contributed by atoms with Gasteiger partial charge in [-0.2, -0.15) is 0 Å². The van der Waals surface area contributed by atoms with E-state index in [0.29, 0.717) is 6.04 Å². The fourth-order valence-electron chi connectivity index (χ4n) is 1.64.